The quantitative estimate of drug-likeness (QED) is 0.290. The molecule has 3 aromatic rings. The summed E-state index contributed by atoms with van der Waals surface area (Å²) in [6.07, 6.45) is 0. The van der Waals surface area contributed by atoms with Crippen molar-refractivity contribution in [2.24, 2.45) is 4.99 Å². The molecule has 0 bridgehead atoms. The molecule has 0 saturated heterocycles. The van der Waals surface area contributed by atoms with Gasteiger partial charge in [0.2, 0.25) is 0 Å². The molecule has 3 aromatic carbocycles. The number of aliphatic imine (C=N–C) groups is 1. The minimum Gasteiger partial charge on any atom is -0.214 e. The van der Waals surface area contributed by atoms with Gasteiger partial charge >= 0.3 is 131 Å². The second-order valence-electron chi connectivity index (χ2n) is 4.78. The molecule has 5 heteroatoms. The van der Waals surface area contributed by atoms with Crippen LogP contribution >= 0.6 is 0 Å². The number of hydrogen-bond donors (Lipinski definition) is 1. The first-order chi connectivity index (χ1) is 11.1. The van der Waals surface area contributed by atoms with Crippen LogP contribution in [0.4, 0.5) is 5.69 Å². The first-order valence-electron chi connectivity index (χ1n) is 7.17. The van der Waals surface area contributed by atoms with E-state index in [0.717, 1.165) is 11.3 Å². The third-order valence-electron chi connectivity index (χ3n) is 2.93. The van der Waals surface area contributed by atoms with Crippen LogP contribution in [-0.4, -0.2) is 26.7 Å². The molecule has 3 nitrogen and oxygen atoms in total. The molecule has 3 rings (SSSR count). The number of carbonyl (C=O) groups is 1. The molecule has 0 aromatic heterocycles. The fraction of sp³-hybridized carbons (Fsp3) is 0.0526. The molecule has 0 aliphatic carbocycles. The van der Waals surface area contributed by atoms with E-state index in [1.54, 1.807) is 0 Å². The van der Waals surface area contributed by atoms with E-state index >= 15 is 0 Å². The van der Waals surface area contributed by atoms with Crippen LogP contribution in [0.15, 0.2) is 83.9 Å². The Morgan fingerprint density at radius 1 is 1.08 bits per heavy atom. The molecule has 0 spiro atoms. The van der Waals surface area contributed by atoms with E-state index in [2.05, 4.69) is 38.5 Å². The molecule has 1 amide bonds. The van der Waals surface area contributed by atoms with Crippen molar-refractivity contribution in [1.82, 2.24) is 5.32 Å². The summed E-state index contributed by atoms with van der Waals surface area (Å²) < 4.78 is 0.476. The maximum absolute atomic E-state index is 10.8. The van der Waals surface area contributed by atoms with Gasteiger partial charge in [-0.15, -0.1) is 0 Å². The summed E-state index contributed by atoms with van der Waals surface area (Å²) in [5.41, 5.74) is 3.14. The van der Waals surface area contributed by atoms with Crippen LogP contribution in [0, 0.1) is 0 Å². The van der Waals surface area contributed by atoms with Crippen molar-refractivity contribution < 1.29 is 21.9 Å². The van der Waals surface area contributed by atoms with Crippen LogP contribution in [0.5, 0.6) is 0 Å². The predicted octanol–water partition coefficient (Wildman–Crippen LogP) is 3.77. The second kappa shape index (κ2) is 10.8. The molecule has 1 radical (unpaired) electrons. The molecular formula is C19H17FeN2OSe. The van der Waals surface area contributed by atoms with Crippen LogP contribution in [0.2, 0.25) is 0 Å². The van der Waals surface area contributed by atoms with Gasteiger partial charge in [-0.25, -0.2) is 12.1 Å². The van der Waals surface area contributed by atoms with Gasteiger partial charge in [0.05, 0.1) is 0 Å². The average Bonchev–Trinajstić information content (AvgIpc) is 3.24. The van der Waals surface area contributed by atoms with Gasteiger partial charge in [0.1, 0.15) is 0 Å². The number of rotatable bonds is 2. The first kappa shape index (κ1) is 20.1. The summed E-state index contributed by atoms with van der Waals surface area (Å²) in [7, 11) is 0. The summed E-state index contributed by atoms with van der Waals surface area (Å²) in [6, 6.07) is 26.0. The third-order valence-corrected chi connectivity index (χ3v) is 3.34. The zero-order valence-corrected chi connectivity index (χ0v) is 15.9. The Kier molecular flexibility index (Phi) is 9.06. The van der Waals surface area contributed by atoms with Crippen molar-refractivity contribution in [3.05, 3.63) is 78.9 Å². The summed E-state index contributed by atoms with van der Waals surface area (Å²) in [4.78, 5) is 15.1. The standard InChI is InChI=1S/C14H12N2OSe.C5H5.Fe/c1-10(17)15-14(18)16-13-8-6-12(7-9-13)11-4-2-3-5-11;1-2-4-5-3-1;/h2-9H,1H3,(H,15,16,17);1-5H;/q2*-1;+2. The van der Waals surface area contributed by atoms with Crippen molar-refractivity contribution in [2.75, 3.05) is 0 Å². The smallest absolute Gasteiger partial charge is 0.214 e. The molecule has 0 unspecified atom stereocenters. The topological polar surface area (TPSA) is 41.5 Å². The summed E-state index contributed by atoms with van der Waals surface area (Å²) >= 11 is 2.72. The molecule has 0 aliphatic heterocycles. The van der Waals surface area contributed by atoms with Crippen molar-refractivity contribution >= 4 is 32.3 Å². The molecule has 0 atom stereocenters. The minimum atomic E-state index is -0.138. The van der Waals surface area contributed by atoms with Gasteiger partial charge in [0.15, 0.2) is 0 Å². The van der Waals surface area contributed by atoms with E-state index in [0.29, 0.717) is 4.73 Å². The van der Waals surface area contributed by atoms with Crippen LogP contribution in [0.25, 0.3) is 11.1 Å². The summed E-state index contributed by atoms with van der Waals surface area (Å²) in [6.45, 7) is 1.45. The van der Waals surface area contributed by atoms with Gasteiger partial charge in [0, 0.05) is 0 Å². The van der Waals surface area contributed by atoms with Crippen molar-refractivity contribution in [1.29, 1.82) is 0 Å². The maximum Gasteiger partial charge on any atom is 2.00 e. The minimum absolute atomic E-state index is 0. The fourth-order valence-electron chi connectivity index (χ4n) is 1.91. The first-order valence-corrected chi connectivity index (χ1v) is 8.03. The monoisotopic (exact) mass is 425 g/mol. The van der Waals surface area contributed by atoms with Crippen molar-refractivity contribution in [3.8, 4) is 11.1 Å². The molecule has 0 heterocycles. The fourth-order valence-corrected chi connectivity index (χ4v) is 2.43. The molecular weight excluding hydrogens is 407 g/mol. The van der Waals surface area contributed by atoms with Crippen molar-refractivity contribution in [2.45, 2.75) is 6.92 Å². The zero-order chi connectivity index (χ0) is 16.5. The number of nitrogens with one attached hydrogen (secondary N) is 1. The maximum atomic E-state index is 10.8. The molecule has 0 saturated carbocycles. The van der Waals surface area contributed by atoms with Crippen LogP contribution in [0.1, 0.15) is 6.92 Å². The number of amides is 1. The third kappa shape index (κ3) is 7.12. The second-order valence-corrected chi connectivity index (χ2v) is 5.59. The molecule has 0 fully saturated rings. The normalized spacial score (nSPS) is 10.1. The number of benzene rings is 1. The Morgan fingerprint density at radius 2 is 1.67 bits per heavy atom. The average molecular weight is 424 g/mol. The SMILES string of the molecule is CC(=O)NC([Se])=Nc1ccc(-[c-]2cccc2)cc1.[Fe+2].c1cc[cH-]c1. The Balaban J connectivity index is 0.000000412. The number of nitrogens with zero attached hydrogens (tertiary/aromatic N) is 1. The van der Waals surface area contributed by atoms with Crippen molar-refractivity contribution in [3.63, 3.8) is 0 Å². The van der Waals surface area contributed by atoms with E-state index in [9.17, 15) is 4.79 Å². The molecule has 0 aliphatic rings. The zero-order valence-electron chi connectivity index (χ0n) is 13.1. The van der Waals surface area contributed by atoms with Gasteiger partial charge < -0.3 is 0 Å². The van der Waals surface area contributed by atoms with Gasteiger partial charge in [0.25, 0.3) is 0 Å². The summed E-state index contributed by atoms with van der Waals surface area (Å²) in [5.74, 6) is -0.138. The van der Waals surface area contributed by atoms with Crippen LogP contribution < -0.4 is 5.32 Å². The van der Waals surface area contributed by atoms with Crippen LogP contribution in [-0.2, 0) is 21.9 Å². The molecule has 123 valence electrons. The Bertz CT molecular complexity index is 715. The number of carbonyl (C=O) groups excluding carboxylic acids is 1. The van der Waals surface area contributed by atoms with Gasteiger partial charge in [-0.1, -0.05) is 0 Å². The molecule has 1 N–H and O–H groups in total. The predicted molar refractivity (Wildman–Crippen MR) is 96.2 cm³/mol. The van der Waals surface area contributed by atoms with Gasteiger partial charge in [-0.05, 0) is 0 Å². The van der Waals surface area contributed by atoms with E-state index < -0.39 is 0 Å². The number of hydrogen-bond acceptors (Lipinski definition) is 2. The van der Waals surface area contributed by atoms with Crippen LogP contribution in [0.3, 0.4) is 0 Å². The van der Waals surface area contributed by atoms with E-state index in [-0.39, 0.29) is 23.0 Å². The largest absolute Gasteiger partial charge is 2.00 e. The Hall–Kier alpha value is -1.90. The van der Waals surface area contributed by atoms with E-state index in [4.69, 9.17) is 0 Å². The Labute approximate surface area is 161 Å². The van der Waals surface area contributed by atoms with Gasteiger partial charge in [-0.2, -0.15) is 18.2 Å². The molecule has 24 heavy (non-hydrogen) atoms. The van der Waals surface area contributed by atoms with E-state index in [1.165, 1.54) is 12.5 Å². The Morgan fingerprint density at radius 3 is 2.12 bits per heavy atom. The number of amidine groups is 1. The van der Waals surface area contributed by atoms with E-state index in [1.807, 2.05) is 66.7 Å². The van der Waals surface area contributed by atoms with Gasteiger partial charge in [-0.3, -0.25) is 0 Å². The summed E-state index contributed by atoms with van der Waals surface area (Å²) in [5, 5.41) is 2.59.